The van der Waals surface area contributed by atoms with Crippen molar-refractivity contribution in [2.75, 3.05) is 0 Å². The van der Waals surface area contributed by atoms with Crippen molar-refractivity contribution in [3.63, 3.8) is 0 Å². The summed E-state index contributed by atoms with van der Waals surface area (Å²) in [6.07, 6.45) is 7.98. The van der Waals surface area contributed by atoms with E-state index in [0.29, 0.717) is 11.6 Å². The Morgan fingerprint density at radius 1 is 0.771 bits per heavy atom. The molecule has 0 radical (unpaired) electrons. The van der Waals surface area contributed by atoms with Crippen LogP contribution in [0.15, 0.2) is 73.3 Å². The number of hydrogen-bond acceptors (Lipinski definition) is 4. The molecule has 4 aromatic rings. The Balaban J connectivity index is 0.000000640. The molecular formula is C28H36FeN4P2-6. The van der Waals surface area contributed by atoms with E-state index in [-0.39, 0.29) is 27.9 Å². The third kappa shape index (κ3) is 6.52. The first kappa shape index (κ1) is 29.5. The van der Waals surface area contributed by atoms with Crippen molar-refractivity contribution in [3.05, 3.63) is 107 Å². The average molecular weight is 546 g/mol. The first-order valence-corrected chi connectivity index (χ1v) is 12.9. The fourth-order valence-corrected chi connectivity index (χ4v) is 5.20. The Kier molecular flexibility index (Phi) is 10.1. The molecule has 0 bridgehead atoms. The van der Waals surface area contributed by atoms with Crippen molar-refractivity contribution < 1.29 is 17.1 Å². The second kappa shape index (κ2) is 12.0. The smallest absolute Gasteiger partial charge is 0.137 e. The molecule has 7 heteroatoms. The minimum Gasteiger partial charge on any atom is -0.748 e. The molecule has 0 aliphatic rings. The van der Waals surface area contributed by atoms with Crippen LogP contribution in [0.3, 0.4) is 0 Å². The summed E-state index contributed by atoms with van der Waals surface area (Å²) in [5, 5.41) is -0.736. The van der Waals surface area contributed by atoms with Gasteiger partial charge in [0.05, 0.1) is 5.16 Å². The fourth-order valence-electron chi connectivity index (χ4n) is 4.25. The van der Waals surface area contributed by atoms with Crippen LogP contribution in [0.1, 0.15) is 75.4 Å². The van der Waals surface area contributed by atoms with Crippen molar-refractivity contribution in [1.82, 2.24) is 19.9 Å². The summed E-state index contributed by atoms with van der Waals surface area (Å²) in [5.74, 6) is 1.37. The maximum absolute atomic E-state index is 4.65. The van der Waals surface area contributed by atoms with Gasteiger partial charge < -0.3 is 30.3 Å². The molecule has 2 atom stereocenters. The summed E-state index contributed by atoms with van der Waals surface area (Å²) in [6.45, 7) is 13.6. The van der Waals surface area contributed by atoms with E-state index in [0.717, 1.165) is 6.16 Å². The van der Waals surface area contributed by atoms with Crippen molar-refractivity contribution >= 4 is 18.5 Å². The number of aromatic nitrogens is 4. The number of rotatable bonds is 4. The van der Waals surface area contributed by atoms with Crippen molar-refractivity contribution in [3.8, 4) is 0 Å². The predicted molar refractivity (Wildman–Crippen MR) is 149 cm³/mol. The second-order valence-electron chi connectivity index (χ2n) is 10.5. The summed E-state index contributed by atoms with van der Waals surface area (Å²) >= 11 is 0. The molecule has 4 rings (SSSR count). The normalized spacial score (nSPS) is 11.9. The van der Waals surface area contributed by atoms with Crippen LogP contribution in [0.4, 0.5) is 0 Å². The zero-order chi connectivity index (χ0) is 25.0. The van der Waals surface area contributed by atoms with Gasteiger partial charge in [-0.3, -0.25) is 0 Å². The van der Waals surface area contributed by atoms with E-state index in [9.17, 15) is 0 Å². The largest absolute Gasteiger partial charge is 0.748 e. The van der Waals surface area contributed by atoms with Gasteiger partial charge in [-0.2, -0.15) is 22.8 Å². The van der Waals surface area contributed by atoms with Gasteiger partial charge in [-0.25, -0.2) is 19.9 Å². The van der Waals surface area contributed by atoms with E-state index in [1.54, 1.807) is 24.8 Å². The molecule has 0 fully saturated rings. The molecule has 2 heterocycles. The van der Waals surface area contributed by atoms with E-state index >= 15 is 0 Å². The van der Waals surface area contributed by atoms with Gasteiger partial charge in [0, 0.05) is 41.9 Å². The van der Waals surface area contributed by atoms with Crippen LogP contribution < -0.4 is 0 Å². The van der Waals surface area contributed by atoms with Gasteiger partial charge in [0.1, 0.15) is 11.6 Å². The molecular weight excluding hydrogens is 510 g/mol. The van der Waals surface area contributed by atoms with Gasteiger partial charge in [0.15, 0.2) is 0 Å². The first-order valence-electron chi connectivity index (χ1n) is 11.6. The van der Waals surface area contributed by atoms with E-state index in [4.69, 9.17) is 0 Å². The standard InChI is InChI=1S/C23H31N4P2.C5H5.Fe/c1-21(2,3)16-13-15(14-28)17(18(16)22(4,5)6)23(29,19-24-9-7-10-25-19)20-26-11-8-12-27-20;1-2-4-5-3-1;/h7-13H,14,28-29H2,1-6H3;1-5H;/q-1;-5;. The van der Waals surface area contributed by atoms with Crippen LogP contribution in [-0.4, -0.2) is 19.9 Å². The molecule has 0 saturated heterocycles. The molecule has 2 aromatic heterocycles. The molecule has 2 unspecified atom stereocenters. The zero-order valence-corrected chi connectivity index (χ0v) is 24.8. The van der Waals surface area contributed by atoms with E-state index in [1.807, 2.05) is 42.5 Å². The Labute approximate surface area is 225 Å². The Hall–Kier alpha value is -1.76. The van der Waals surface area contributed by atoms with Crippen molar-refractivity contribution in [2.45, 2.75) is 63.7 Å². The van der Waals surface area contributed by atoms with Crippen molar-refractivity contribution in [2.24, 2.45) is 0 Å². The minimum absolute atomic E-state index is 0. The molecule has 0 spiro atoms. The quantitative estimate of drug-likeness (QED) is 0.166. The molecule has 0 aliphatic heterocycles. The van der Waals surface area contributed by atoms with Gasteiger partial charge in [0.25, 0.3) is 0 Å². The Bertz CT molecular complexity index is 1100. The second-order valence-corrected chi connectivity index (χ2v) is 11.7. The average Bonchev–Trinajstić information content (AvgIpc) is 3.51. The van der Waals surface area contributed by atoms with Gasteiger partial charge in [-0.1, -0.05) is 53.1 Å². The SMILES string of the molecule is CC(C)(C)c1c(C(P)(c2ncccn2)c2ncccn2)c(CP)c[c-]1C(C)(C)C.[Fe].[cH-]1[cH-][cH-][cH-][cH-]1. The maximum Gasteiger partial charge on any atom is 0.137 e. The van der Waals surface area contributed by atoms with Gasteiger partial charge in [-0.05, 0) is 17.5 Å². The summed E-state index contributed by atoms with van der Waals surface area (Å²) in [7, 11) is 5.90. The van der Waals surface area contributed by atoms with Crippen LogP contribution in [0.5, 0.6) is 0 Å². The van der Waals surface area contributed by atoms with E-state index in [1.165, 1.54) is 22.3 Å². The topological polar surface area (TPSA) is 51.6 Å². The first-order chi connectivity index (χ1) is 16.0. The zero-order valence-electron chi connectivity index (χ0n) is 21.4. The van der Waals surface area contributed by atoms with Crippen molar-refractivity contribution in [1.29, 1.82) is 0 Å². The molecule has 0 amide bonds. The van der Waals surface area contributed by atoms with Crippen LogP contribution in [-0.2, 0) is 39.2 Å². The monoisotopic (exact) mass is 546 g/mol. The molecule has 2 aromatic carbocycles. The van der Waals surface area contributed by atoms with Crippen LogP contribution in [0.25, 0.3) is 0 Å². The maximum atomic E-state index is 4.65. The van der Waals surface area contributed by atoms with Gasteiger partial charge >= 0.3 is 0 Å². The van der Waals surface area contributed by atoms with Gasteiger partial charge in [0.2, 0.25) is 0 Å². The molecule has 0 aliphatic carbocycles. The summed E-state index contributed by atoms with van der Waals surface area (Å²) in [4.78, 5) is 18.6. The number of nitrogens with zero attached hydrogens (tertiary/aromatic N) is 4. The third-order valence-electron chi connectivity index (χ3n) is 5.72. The Morgan fingerprint density at radius 3 is 1.49 bits per heavy atom. The number of hydrogen-bond donors (Lipinski definition) is 0. The third-order valence-corrected chi connectivity index (χ3v) is 6.97. The summed E-state index contributed by atoms with van der Waals surface area (Å²) in [5.41, 5.74) is 5.10. The fraction of sp³-hybridized carbons (Fsp3) is 0.357. The molecule has 0 saturated carbocycles. The van der Waals surface area contributed by atoms with E-state index in [2.05, 4.69) is 86.0 Å². The molecule has 0 N–H and O–H groups in total. The molecule has 4 nitrogen and oxygen atoms in total. The van der Waals surface area contributed by atoms with Crippen LogP contribution in [0.2, 0.25) is 0 Å². The van der Waals surface area contributed by atoms with Crippen LogP contribution >= 0.6 is 18.5 Å². The van der Waals surface area contributed by atoms with Gasteiger partial charge in [-0.15, -0.1) is 24.0 Å². The van der Waals surface area contributed by atoms with E-state index < -0.39 is 5.16 Å². The van der Waals surface area contributed by atoms with Crippen LogP contribution in [0, 0.1) is 0 Å². The molecule has 192 valence electrons. The summed E-state index contributed by atoms with van der Waals surface area (Å²) < 4.78 is 0. The summed E-state index contributed by atoms with van der Waals surface area (Å²) in [6, 6.07) is 16.0. The minimum atomic E-state index is -0.736. The Morgan fingerprint density at radius 2 is 1.17 bits per heavy atom. The molecule has 35 heavy (non-hydrogen) atoms. The predicted octanol–water partition coefficient (Wildman–Crippen LogP) is 6.53.